The zero-order chi connectivity index (χ0) is 28.5. The van der Waals surface area contributed by atoms with E-state index in [0.717, 1.165) is 0 Å². The van der Waals surface area contributed by atoms with Gasteiger partial charge in [0.05, 0.1) is 57.1 Å². The van der Waals surface area contributed by atoms with Gasteiger partial charge in [-0.05, 0) is 49.2 Å². The van der Waals surface area contributed by atoms with Crippen LogP contribution in [0.3, 0.4) is 0 Å². The highest BCUT2D eigenvalue weighted by molar-refractivity contribution is 6.30. The number of phenolic OH excluding ortho intramolecular Hbond substituents is 2. The van der Waals surface area contributed by atoms with Gasteiger partial charge in [0.15, 0.2) is 23.1 Å². The summed E-state index contributed by atoms with van der Waals surface area (Å²) in [5, 5.41) is 67.8. The molecule has 8 atom stereocenters. The number of aromatic hydroxyl groups is 2. The van der Waals surface area contributed by atoms with Gasteiger partial charge in [0.1, 0.15) is 23.0 Å². The van der Waals surface area contributed by atoms with Crippen molar-refractivity contribution in [3.05, 3.63) is 68.8 Å². The molecule has 4 saturated carbocycles. The first kappa shape index (κ1) is 23.6. The smallest absolute Gasteiger partial charge is 0.175 e. The fourth-order valence-electron chi connectivity index (χ4n) is 9.51. The van der Waals surface area contributed by atoms with E-state index in [1.165, 1.54) is 24.3 Å². The van der Waals surface area contributed by atoms with Gasteiger partial charge in [-0.25, -0.2) is 0 Å². The summed E-state index contributed by atoms with van der Waals surface area (Å²) in [7, 11) is 0. The molecule has 40 heavy (non-hydrogen) atoms. The Hall–Kier alpha value is -4.28. The lowest BCUT2D eigenvalue weighted by molar-refractivity contribution is -0.142. The van der Waals surface area contributed by atoms with E-state index in [0.29, 0.717) is 11.1 Å². The van der Waals surface area contributed by atoms with Gasteiger partial charge < -0.3 is 30.6 Å². The van der Waals surface area contributed by atoms with Crippen LogP contribution in [0.15, 0.2) is 35.4 Å². The zero-order valence-corrected chi connectivity index (χ0v) is 21.1. The standard InChI is InChI=1S/C30H22O10/c1-7-3-9-13(11(31)5-7)21(33)17-25(37)20-23(35)15-16-24(36)19(29(15,17)27(9)39)26(38)18-22(34)14-10(28(40)30(16,18)20)4-8(2)6-12(14)32/h3-6,15-16,19-20,23-24,31-36H,1-2H3/t15-,16-,19+,20+,23-,24-,29?,30?/m0/s1. The van der Waals surface area contributed by atoms with Crippen LogP contribution in [0.2, 0.25) is 0 Å². The fourth-order valence-corrected chi connectivity index (χ4v) is 9.51. The van der Waals surface area contributed by atoms with Gasteiger partial charge in [-0.3, -0.25) is 19.2 Å². The molecule has 0 aromatic heterocycles. The lowest BCUT2D eigenvalue weighted by atomic mass is 9.46. The van der Waals surface area contributed by atoms with Crippen molar-refractivity contribution in [2.75, 3.05) is 0 Å². The van der Waals surface area contributed by atoms with Crippen molar-refractivity contribution in [1.29, 1.82) is 0 Å². The van der Waals surface area contributed by atoms with Crippen LogP contribution in [0.5, 0.6) is 11.5 Å². The van der Waals surface area contributed by atoms with Crippen molar-refractivity contribution in [3.8, 4) is 11.5 Å². The van der Waals surface area contributed by atoms with Gasteiger partial charge in [-0.1, -0.05) is 0 Å². The minimum Gasteiger partial charge on any atom is -0.507 e. The summed E-state index contributed by atoms with van der Waals surface area (Å²) in [6.45, 7) is 3.19. The summed E-state index contributed by atoms with van der Waals surface area (Å²) in [6, 6.07) is 5.37. The average Bonchev–Trinajstić information content (AvgIpc) is 3.22. The van der Waals surface area contributed by atoms with Gasteiger partial charge in [0.25, 0.3) is 0 Å². The molecule has 10 heteroatoms. The van der Waals surface area contributed by atoms with E-state index < -0.39 is 104 Å². The van der Waals surface area contributed by atoms with Crippen LogP contribution in [-0.2, 0) is 9.59 Å². The summed E-state index contributed by atoms with van der Waals surface area (Å²) in [5.41, 5.74) is -5.58. The van der Waals surface area contributed by atoms with Crippen LogP contribution in [0.1, 0.15) is 43.0 Å². The first-order chi connectivity index (χ1) is 18.8. The van der Waals surface area contributed by atoms with Crippen molar-refractivity contribution in [1.82, 2.24) is 0 Å². The zero-order valence-electron chi connectivity index (χ0n) is 21.1. The van der Waals surface area contributed by atoms with E-state index in [4.69, 9.17) is 0 Å². The summed E-state index contributed by atoms with van der Waals surface area (Å²) >= 11 is 0. The Morgan fingerprint density at radius 3 is 1.30 bits per heavy atom. The van der Waals surface area contributed by atoms with Gasteiger partial charge >= 0.3 is 0 Å². The minimum atomic E-state index is -2.25. The first-order valence-corrected chi connectivity index (χ1v) is 12.9. The number of hydrogen-bond donors (Lipinski definition) is 6. The average molecular weight is 542 g/mol. The lowest BCUT2D eigenvalue weighted by Crippen LogP contribution is -2.65. The molecule has 6 aliphatic carbocycles. The predicted molar refractivity (Wildman–Crippen MR) is 134 cm³/mol. The Labute approximate surface area is 225 Å². The van der Waals surface area contributed by atoms with Crippen LogP contribution >= 0.6 is 0 Å². The molecule has 0 saturated heterocycles. The Morgan fingerprint density at radius 2 is 0.950 bits per heavy atom. The Morgan fingerprint density at radius 1 is 0.600 bits per heavy atom. The normalized spacial score (nSPS) is 38.1. The summed E-state index contributed by atoms with van der Waals surface area (Å²) < 4.78 is 0. The maximum absolute atomic E-state index is 14.5. The minimum absolute atomic E-state index is 0.185. The van der Waals surface area contributed by atoms with Crippen molar-refractivity contribution in [3.63, 3.8) is 0 Å². The number of carbonyl (C=O) groups excluding carboxylic acids is 4. The maximum Gasteiger partial charge on any atom is 0.175 e. The number of hydrogen-bond acceptors (Lipinski definition) is 10. The number of allylic oxidation sites excluding steroid dienone is 2. The lowest BCUT2D eigenvalue weighted by Gasteiger charge is -2.53. The van der Waals surface area contributed by atoms with E-state index in [2.05, 4.69) is 0 Å². The number of aryl methyl sites for hydroxylation is 2. The number of benzene rings is 2. The van der Waals surface area contributed by atoms with E-state index in [1.54, 1.807) is 13.8 Å². The topological polar surface area (TPSA) is 190 Å². The Balaban J connectivity index is 1.55. The number of aliphatic hydroxyl groups is 4. The molecule has 6 N–H and O–H groups in total. The number of Topliss-reactive ketones (excluding diaryl/α,β-unsaturated/α-hetero) is 4. The highest BCUT2D eigenvalue weighted by Gasteiger charge is 2.89. The molecule has 6 aliphatic rings. The predicted octanol–water partition coefficient (Wildman–Crippen LogP) is 1.70. The highest BCUT2D eigenvalue weighted by atomic mass is 16.3. The summed E-state index contributed by atoms with van der Waals surface area (Å²) in [4.78, 5) is 57.9. The molecule has 0 aliphatic heterocycles. The van der Waals surface area contributed by atoms with Gasteiger partial charge in [0.2, 0.25) is 0 Å². The number of phenols is 2. The third kappa shape index (κ3) is 1.96. The SMILES string of the molecule is Cc1cc(O)c2c(c1)C(=O)C13C(=C2O)C(=O)[C@H]2[C@@H](O)[C@@H]1[C@H]1[C@H](O)[C@@H]3C(=O)C3=C(O)c4c(O)cc(C)cc4C(=O)C312. The first-order valence-electron chi connectivity index (χ1n) is 12.9. The Kier molecular flexibility index (Phi) is 3.86. The van der Waals surface area contributed by atoms with Crippen LogP contribution in [0, 0.1) is 48.3 Å². The van der Waals surface area contributed by atoms with Crippen molar-refractivity contribution < 1.29 is 49.8 Å². The quantitative estimate of drug-likeness (QED) is 0.286. The summed E-state index contributed by atoms with van der Waals surface area (Å²) in [5.74, 6) is -12.2. The number of fused-ring (bicyclic) bond motifs is 4. The third-order valence-corrected chi connectivity index (χ3v) is 10.4. The van der Waals surface area contributed by atoms with Crippen LogP contribution in [0.25, 0.3) is 11.5 Å². The number of rotatable bonds is 0. The van der Waals surface area contributed by atoms with Crippen molar-refractivity contribution in [2.24, 2.45) is 34.5 Å². The molecule has 4 fully saturated rings. The number of carbonyl (C=O) groups is 4. The van der Waals surface area contributed by atoms with Crippen LogP contribution in [-0.4, -0.2) is 66.0 Å². The van der Waals surface area contributed by atoms with E-state index in [1.807, 2.05) is 0 Å². The molecule has 8 rings (SSSR count). The second-order valence-corrected chi connectivity index (χ2v) is 12.0. The molecule has 4 bridgehead atoms. The Bertz CT molecular complexity index is 1680. The van der Waals surface area contributed by atoms with Crippen molar-refractivity contribution in [2.45, 2.75) is 26.1 Å². The second kappa shape index (κ2) is 6.54. The molecule has 10 nitrogen and oxygen atoms in total. The van der Waals surface area contributed by atoms with Crippen LogP contribution in [0.4, 0.5) is 0 Å². The monoisotopic (exact) mass is 542 g/mol. The largest absolute Gasteiger partial charge is 0.507 e. The molecule has 0 heterocycles. The summed E-state index contributed by atoms with van der Waals surface area (Å²) in [6.07, 6.45) is -3.37. The molecule has 2 aromatic carbocycles. The maximum atomic E-state index is 14.5. The molecule has 202 valence electrons. The fraction of sp³-hybridized carbons (Fsp3) is 0.333. The third-order valence-electron chi connectivity index (χ3n) is 10.4. The molecule has 2 spiro atoms. The number of aliphatic hydroxyl groups excluding tert-OH is 4. The molecule has 2 aromatic rings. The molecule has 0 amide bonds. The van der Waals surface area contributed by atoms with E-state index in [9.17, 15) is 49.8 Å². The van der Waals surface area contributed by atoms with Crippen LogP contribution < -0.4 is 0 Å². The van der Waals surface area contributed by atoms with Gasteiger partial charge in [0, 0.05) is 23.0 Å². The molecular weight excluding hydrogens is 520 g/mol. The second-order valence-electron chi connectivity index (χ2n) is 12.0. The van der Waals surface area contributed by atoms with Crippen molar-refractivity contribution >= 4 is 34.7 Å². The van der Waals surface area contributed by atoms with E-state index >= 15 is 0 Å². The highest BCUT2D eigenvalue weighted by Crippen LogP contribution is 2.80. The molecule has 0 radical (unpaired) electrons. The van der Waals surface area contributed by atoms with Gasteiger partial charge in [-0.2, -0.15) is 0 Å². The van der Waals surface area contributed by atoms with E-state index in [-0.39, 0.29) is 22.3 Å². The molecular formula is C30H22O10. The molecule has 2 unspecified atom stereocenters. The van der Waals surface area contributed by atoms with Gasteiger partial charge in [-0.15, -0.1) is 0 Å². The number of ketones is 4.